The van der Waals surface area contributed by atoms with Crippen LogP contribution >= 0.6 is 11.6 Å². The number of nitrogens with one attached hydrogen (secondary N) is 1. The first-order valence-electron chi connectivity index (χ1n) is 12.5. The normalized spacial score (nSPS) is 19.4. The van der Waals surface area contributed by atoms with Crippen molar-refractivity contribution in [2.24, 2.45) is 5.92 Å². The number of sulfonamides is 1. The van der Waals surface area contributed by atoms with E-state index >= 15 is 0 Å². The topological polar surface area (TPSA) is 99.3 Å². The Morgan fingerprint density at radius 2 is 1.76 bits per heavy atom. The maximum atomic E-state index is 13.4. The first kappa shape index (κ1) is 27.4. The van der Waals surface area contributed by atoms with Crippen molar-refractivity contribution in [1.82, 2.24) is 14.1 Å². The van der Waals surface area contributed by atoms with E-state index in [4.69, 9.17) is 16.3 Å². The summed E-state index contributed by atoms with van der Waals surface area (Å²) in [5.41, 5.74) is 1.14. The van der Waals surface area contributed by atoms with Gasteiger partial charge in [-0.3, -0.25) is 9.59 Å². The highest BCUT2D eigenvalue weighted by Gasteiger charge is 2.35. The standard InChI is InChI=1S/C26H33ClN4O5S/c1-3-36-23-11-8-21(27)17-24(23)37(34,35)31-12-4-5-20(18-31)25(32)28-22-9-6-19(7-10-22)26(33)30-15-13-29(2)14-16-30/h6-11,17,20H,3-5,12-16,18H2,1-2H3,(H,28,32). The third-order valence-corrected chi connectivity index (χ3v) is 8.89. The number of piperidine rings is 1. The Morgan fingerprint density at radius 1 is 1.05 bits per heavy atom. The lowest BCUT2D eigenvalue weighted by molar-refractivity contribution is -0.120. The Labute approximate surface area is 223 Å². The lowest BCUT2D eigenvalue weighted by atomic mass is 9.98. The van der Waals surface area contributed by atoms with Crippen molar-refractivity contribution < 1.29 is 22.7 Å². The van der Waals surface area contributed by atoms with Crippen molar-refractivity contribution in [3.63, 3.8) is 0 Å². The number of carbonyl (C=O) groups excluding carboxylic acids is 2. The molecule has 2 heterocycles. The number of piperazine rings is 1. The van der Waals surface area contributed by atoms with Crippen LogP contribution < -0.4 is 10.1 Å². The van der Waals surface area contributed by atoms with Gasteiger partial charge in [-0.15, -0.1) is 0 Å². The second kappa shape index (κ2) is 11.8. The van der Waals surface area contributed by atoms with Crippen LogP contribution in [-0.4, -0.2) is 87.3 Å². The third-order valence-electron chi connectivity index (χ3n) is 6.77. The van der Waals surface area contributed by atoms with E-state index in [1.165, 1.54) is 10.4 Å². The molecule has 2 aliphatic rings. The molecule has 2 fully saturated rings. The van der Waals surface area contributed by atoms with E-state index < -0.39 is 15.9 Å². The number of amides is 2. The van der Waals surface area contributed by atoms with Crippen molar-refractivity contribution in [3.05, 3.63) is 53.1 Å². The number of anilines is 1. The van der Waals surface area contributed by atoms with Gasteiger partial charge in [0, 0.05) is 55.5 Å². The summed E-state index contributed by atoms with van der Waals surface area (Å²) in [6.45, 7) is 5.54. The summed E-state index contributed by atoms with van der Waals surface area (Å²) in [5.74, 6) is -0.546. The van der Waals surface area contributed by atoms with Crippen LogP contribution in [0.15, 0.2) is 47.4 Å². The summed E-state index contributed by atoms with van der Waals surface area (Å²) in [7, 11) is -1.87. The lowest BCUT2D eigenvalue weighted by Crippen LogP contribution is -2.47. The number of ether oxygens (including phenoxy) is 1. The number of rotatable bonds is 7. The van der Waals surface area contributed by atoms with Crippen LogP contribution in [0.2, 0.25) is 5.02 Å². The van der Waals surface area contributed by atoms with Crippen molar-refractivity contribution in [2.75, 3.05) is 58.2 Å². The second-order valence-electron chi connectivity index (χ2n) is 9.39. The average Bonchev–Trinajstić information content (AvgIpc) is 2.90. The zero-order chi connectivity index (χ0) is 26.6. The van der Waals surface area contributed by atoms with Gasteiger partial charge in [0.25, 0.3) is 5.91 Å². The van der Waals surface area contributed by atoms with Gasteiger partial charge in [0.05, 0.1) is 12.5 Å². The van der Waals surface area contributed by atoms with Gasteiger partial charge in [-0.05, 0) is 69.3 Å². The zero-order valence-corrected chi connectivity index (χ0v) is 22.7. The molecule has 0 radical (unpaired) electrons. The highest BCUT2D eigenvalue weighted by molar-refractivity contribution is 7.89. The smallest absolute Gasteiger partial charge is 0.253 e. The van der Waals surface area contributed by atoms with Crippen molar-refractivity contribution in [2.45, 2.75) is 24.7 Å². The summed E-state index contributed by atoms with van der Waals surface area (Å²) in [6.07, 6.45) is 1.13. The molecule has 2 saturated heterocycles. The molecule has 1 N–H and O–H groups in total. The number of carbonyl (C=O) groups is 2. The van der Waals surface area contributed by atoms with E-state index in [1.54, 1.807) is 43.3 Å². The van der Waals surface area contributed by atoms with Gasteiger partial charge in [-0.2, -0.15) is 4.31 Å². The molecule has 0 aromatic heterocycles. The molecule has 2 aromatic carbocycles. The monoisotopic (exact) mass is 548 g/mol. The van der Waals surface area contributed by atoms with E-state index in [0.29, 0.717) is 55.4 Å². The molecular formula is C26H33ClN4O5S. The van der Waals surface area contributed by atoms with Gasteiger partial charge in [-0.25, -0.2) is 8.42 Å². The minimum Gasteiger partial charge on any atom is -0.492 e. The highest BCUT2D eigenvalue weighted by Crippen LogP contribution is 2.32. The van der Waals surface area contributed by atoms with E-state index in [1.807, 2.05) is 11.9 Å². The number of nitrogens with zero attached hydrogens (tertiary/aromatic N) is 3. The SMILES string of the molecule is CCOc1ccc(Cl)cc1S(=O)(=O)N1CCCC(C(=O)Nc2ccc(C(=O)N3CCN(C)CC3)cc2)C1. The average molecular weight is 549 g/mol. The molecule has 1 unspecified atom stereocenters. The van der Waals surface area contributed by atoms with Crippen LogP contribution in [0, 0.1) is 5.92 Å². The first-order chi connectivity index (χ1) is 17.7. The zero-order valence-electron chi connectivity index (χ0n) is 21.2. The van der Waals surface area contributed by atoms with Gasteiger partial charge < -0.3 is 19.9 Å². The van der Waals surface area contributed by atoms with E-state index in [2.05, 4.69) is 10.2 Å². The van der Waals surface area contributed by atoms with Crippen molar-refractivity contribution >= 4 is 39.1 Å². The van der Waals surface area contributed by atoms with Crippen LogP contribution in [0.1, 0.15) is 30.1 Å². The Bertz CT molecular complexity index is 1230. The molecule has 0 aliphatic carbocycles. The minimum atomic E-state index is -3.91. The quantitative estimate of drug-likeness (QED) is 0.570. The summed E-state index contributed by atoms with van der Waals surface area (Å²) >= 11 is 6.08. The fraction of sp³-hybridized carbons (Fsp3) is 0.462. The second-order valence-corrected chi connectivity index (χ2v) is 11.7. The summed E-state index contributed by atoms with van der Waals surface area (Å²) in [4.78, 5) is 29.8. The van der Waals surface area contributed by atoms with Crippen molar-refractivity contribution in [1.29, 1.82) is 0 Å². The van der Waals surface area contributed by atoms with Gasteiger partial charge in [-0.1, -0.05) is 11.6 Å². The number of benzene rings is 2. The van der Waals surface area contributed by atoms with Crippen LogP contribution in [0.25, 0.3) is 0 Å². The first-order valence-corrected chi connectivity index (χ1v) is 14.3. The van der Waals surface area contributed by atoms with Gasteiger partial charge in [0.15, 0.2) is 0 Å². The van der Waals surface area contributed by atoms with E-state index in [9.17, 15) is 18.0 Å². The Hall–Kier alpha value is -2.66. The Morgan fingerprint density at radius 3 is 2.43 bits per heavy atom. The van der Waals surface area contributed by atoms with E-state index in [0.717, 1.165) is 13.1 Å². The van der Waals surface area contributed by atoms with Crippen molar-refractivity contribution in [3.8, 4) is 5.75 Å². The molecule has 0 saturated carbocycles. The summed E-state index contributed by atoms with van der Waals surface area (Å²) in [6, 6.07) is 11.4. The Balaban J connectivity index is 1.40. The van der Waals surface area contributed by atoms with E-state index in [-0.39, 0.29) is 29.0 Å². The lowest BCUT2D eigenvalue weighted by Gasteiger charge is -2.32. The number of halogens is 1. The molecule has 0 bridgehead atoms. The maximum absolute atomic E-state index is 13.4. The number of hydrogen-bond acceptors (Lipinski definition) is 6. The van der Waals surface area contributed by atoms with Gasteiger partial charge >= 0.3 is 0 Å². The molecule has 2 aliphatic heterocycles. The number of likely N-dealkylation sites (N-methyl/N-ethyl adjacent to an activating group) is 1. The molecule has 1 atom stereocenters. The minimum absolute atomic E-state index is 0.00325. The predicted octanol–water partition coefficient (Wildman–Crippen LogP) is 3.17. The predicted molar refractivity (Wildman–Crippen MR) is 143 cm³/mol. The molecule has 200 valence electrons. The fourth-order valence-electron chi connectivity index (χ4n) is 4.60. The van der Waals surface area contributed by atoms with Crippen LogP contribution in [-0.2, 0) is 14.8 Å². The fourth-order valence-corrected chi connectivity index (χ4v) is 6.52. The molecule has 9 nitrogen and oxygen atoms in total. The third kappa shape index (κ3) is 6.43. The van der Waals surface area contributed by atoms with Gasteiger partial charge in [0.1, 0.15) is 10.6 Å². The van der Waals surface area contributed by atoms with Gasteiger partial charge in [0.2, 0.25) is 15.9 Å². The molecule has 37 heavy (non-hydrogen) atoms. The number of hydrogen-bond donors (Lipinski definition) is 1. The van der Waals surface area contributed by atoms with Crippen LogP contribution in [0.5, 0.6) is 5.75 Å². The maximum Gasteiger partial charge on any atom is 0.253 e. The highest BCUT2D eigenvalue weighted by atomic mass is 35.5. The van der Waals surface area contributed by atoms with Crippen LogP contribution in [0.4, 0.5) is 5.69 Å². The molecule has 0 spiro atoms. The summed E-state index contributed by atoms with van der Waals surface area (Å²) in [5, 5.41) is 3.17. The largest absolute Gasteiger partial charge is 0.492 e. The molecule has 2 aromatic rings. The summed E-state index contributed by atoms with van der Waals surface area (Å²) < 4.78 is 33.7. The Kier molecular flexibility index (Phi) is 8.74. The molecule has 11 heteroatoms. The molecule has 4 rings (SSSR count). The van der Waals surface area contributed by atoms with Crippen LogP contribution in [0.3, 0.4) is 0 Å². The molecular weight excluding hydrogens is 516 g/mol. The molecule has 2 amide bonds.